The Labute approximate surface area is 146 Å². The van der Waals surface area contributed by atoms with Crippen LogP contribution in [0.5, 0.6) is 5.75 Å². The summed E-state index contributed by atoms with van der Waals surface area (Å²) in [6, 6.07) is 5.00. The molecule has 2 aromatic rings. The molecule has 1 aromatic heterocycles. The number of rotatable bonds is 7. The van der Waals surface area contributed by atoms with Gasteiger partial charge in [-0.15, -0.1) is 0 Å². The quantitative estimate of drug-likeness (QED) is 0.799. The van der Waals surface area contributed by atoms with E-state index in [1.54, 1.807) is 18.2 Å². The van der Waals surface area contributed by atoms with Crippen molar-refractivity contribution < 1.29 is 9.53 Å². The molecule has 24 heavy (non-hydrogen) atoms. The molecule has 0 atom stereocenters. The molecule has 0 saturated heterocycles. The Hall–Kier alpha value is -2.38. The summed E-state index contributed by atoms with van der Waals surface area (Å²) in [6.07, 6.45) is 2.96. The zero-order valence-electron chi connectivity index (χ0n) is 13.8. The lowest BCUT2D eigenvalue weighted by Gasteiger charge is -2.11. The van der Waals surface area contributed by atoms with E-state index in [1.807, 2.05) is 14.1 Å². The van der Waals surface area contributed by atoms with E-state index in [2.05, 4.69) is 25.5 Å². The largest absolute Gasteiger partial charge is 0.495 e. The van der Waals surface area contributed by atoms with E-state index in [0.29, 0.717) is 22.3 Å². The molecule has 0 fully saturated rings. The van der Waals surface area contributed by atoms with Gasteiger partial charge in [-0.25, -0.2) is 9.97 Å². The number of carbonyl (C=O) groups is 1. The highest BCUT2D eigenvalue weighted by atomic mass is 35.5. The van der Waals surface area contributed by atoms with Gasteiger partial charge in [-0.05, 0) is 32.3 Å². The number of aromatic nitrogens is 2. The smallest absolute Gasteiger partial charge is 0.275 e. The summed E-state index contributed by atoms with van der Waals surface area (Å²) in [5, 5.41) is 6.27. The van der Waals surface area contributed by atoms with Crippen LogP contribution in [0.15, 0.2) is 30.6 Å². The zero-order valence-corrected chi connectivity index (χ0v) is 14.6. The first-order chi connectivity index (χ1) is 11.5. The predicted molar refractivity (Wildman–Crippen MR) is 95.0 cm³/mol. The minimum atomic E-state index is -0.358. The molecule has 1 amide bonds. The number of benzene rings is 1. The average Bonchev–Trinajstić information content (AvgIpc) is 2.55. The molecule has 1 aromatic carbocycles. The molecule has 7 nitrogen and oxygen atoms in total. The van der Waals surface area contributed by atoms with E-state index in [4.69, 9.17) is 16.3 Å². The van der Waals surface area contributed by atoms with Crippen LogP contribution >= 0.6 is 11.6 Å². The van der Waals surface area contributed by atoms with Gasteiger partial charge >= 0.3 is 0 Å². The summed E-state index contributed by atoms with van der Waals surface area (Å²) in [6.45, 7) is 1.62. The molecule has 128 valence electrons. The molecule has 0 saturated carbocycles. The zero-order chi connectivity index (χ0) is 17.5. The molecule has 0 aliphatic heterocycles. The van der Waals surface area contributed by atoms with Crippen molar-refractivity contribution in [3.63, 3.8) is 0 Å². The number of halogens is 1. The highest BCUT2D eigenvalue weighted by Gasteiger charge is 2.10. The highest BCUT2D eigenvalue weighted by Crippen LogP contribution is 2.27. The van der Waals surface area contributed by atoms with Crippen LogP contribution in [0.3, 0.4) is 0 Å². The average molecular weight is 350 g/mol. The number of methoxy groups -OCH3 is 1. The number of nitrogens with one attached hydrogen (secondary N) is 2. The third kappa shape index (κ3) is 5.07. The summed E-state index contributed by atoms with van der Waals surface area (Å²) in [4.78, 5) is 22.5. The molecule has 0 spiro atoms. The minimum absolute atomic E-state index is 0.222. The Balaban J connectivity index is 1.96. The molecule has 0 unspecified atom stereocenters. The maximum Gasteiger partial charge on any atom is 0.275 e. The second kappa shape index (κ2) is 8.47. The van der Waals surface area contributed by atoms with Crippen LogP contribution in [0, 0.1) is 0 Å². The van der Waals surface area contributed by atoms with Gasteiger partial charge in [0, 0.05) is 18.8 Å². The Morgan fingerprint density at radius 3 is 2.67 bits per heavy atom. The lowest BCUT2D eigenvalue weighted by atomic mass is 10.3. The van der Waals surface area contributed by atoms with Crippen LogP contribution in [-0.4, -0.2) is 55.1 Å². The van der Waals surface area contributed by atoms with Gasteiger partial charge in [-0.1, -0.05) is 11.6 Å². The van der Waals surface area contributed by atoms with Gasteiger partial charge in [-0.3, -0.25) is 4.79 Å². The van der Waals surface area contributed by atoms with Crippen molar-refractivity contribution in [1.29, 1.82) is 0 Å². The first kappa shape index (κ1) is 18.0. The Kier molecular flexibility index (Phi) is 6.34. The molecule has 0 bridgehead atoms. The molecule has 2 rings (SSSR count). The monoisotopic (exact) mass is 349 g/mol. The van der Waals surface area contributed by atoms with E-state index in [1.165, 1.54) is 19.5 Å². The maximum atomic E-state index is 12.2. The van der Waals surface area contributed by atoms with E-state index < -0.39 is 0 Å². The van der Waals surface area contributed by atoms with Crippen molar-refractivity contribution in [2.75, 3.05) is 44.9 Å². The second-order valence-electron chi connectivity index (χ2n) is 5.32. The van der Waals surface area contributed by atoms with Gasteiger partial charge in [-0.2, -0.15) is 0 Å². The van der Waals surface area contributed by atoms with Gasteiger partial charge in [0.2, 0.25) is 0 Å². The van der Waals surface area contributed by atoms with Crippen LogP contribution in [-0.2, 0) is 0 Å². The number of anilines is 2. The fourth-order valence-corrected chi connectivity index (χ4v) is 2.14. The first-order valence-corrected chi connectivity index (χ1v) is 7.73. The molecule has 2 N–H and O–H groups in total. The molecule has 0 aliphatic rings. The van der Waals surface area contributed by atoms with Crippen LogP contribution in [0.25, 0.3) is 0 Å². The van der Waals surface area contributed by atoms with Gasteiger partial charge in [0.15, 0.2) is 0 Å². The number of amides is 1. The fourth-order valence-electron chi connectivity index (χ4n) is 1.88. The normalized spacial score (nSPS) is 10.5. The van der Waals surface area contributed by atoms with Crippen molar-refractivity contribution in [3.05, 3.63) is 41.3 Å². The van der Waals surface area contributed by atoms with Crippen molar-refractivity contribution in [2.45, 2.75) is 0 Å². The predicted octanol–water partition coefficient (Wildman–Crippen LogP) is 2.36. The maximum absolute atomic E-state index is 12.2. The number of hydrogen-bond donors (Lipinski definition) is 2. The van der Waals surface area contributed by atoms with Gasteiger partial charge in [0.05, 0.1) is 24.5 Å². The van der Waals surface area contributed by atoms with Crippen molar-refractivity contribution in [1.82, 2.24) is 14.9 Å². The Morgan fingerprint density at radius 2 is 2.08 bits per heavy atom. The summed E-state index contributed by atoms with van der Waals surface area (Å²) < 4.78 is 5.07. The van der Waals surface area contributed by atoms with Gasteiger partial charge in [0.25, 0.3) is 5.91 Å². The number of nitrogens with zero attached hydrogens (tertiary/aromatic N) is 3. The van der Waals surface area contributed by atoms with Crippen LogP contribution < -0.4 is 15.4 Å². The lowest BCUT2D eigenvalue weighted by molar-refractivity contribution is 0.102. The second-order valence-corrected chi connectivity index (χ2v) is 5.73. The Morgan fingerprint density at radius 1 is 1.29 bits per heavy atom. The molecule has 1 heterocycles. The van der Waals surface area contributed by atoms with Crippen LogP contribution in [0.2, 0.25) is 5.02 Å². The number of ether oxygens (including phenoxy) is 1. The Bertz CT molecular complexity index is 691. The minimum Gasteiger partial charge on any atom is -0.495 e. The van der Waals surface area contributed by atoms with Crippen LogP contribution in [0.1, 0.15) is 10.5 Å². The van der Waals surface area contributed by atoms with Crippen molar-refractivity contribution in [2.24, 2.45) is 0 Å². The van der Waals surface area contributed by atoms with Crippen LogP contribution in [0.4, 0.5) is 11.5 Å². The summed E-state index contributed by atoms with van der Waals surface area (Å²) in [5.41, 5.74) is 0.779. The molecule has 0 aliphatic carbocycles. The van der Waals surface area contributed by atoms with Crippen molar-refractivity contribution in [3.8, 4) is 5.75 Å². The van der Waals surface area contributed by atoms with E-state index >= 15 is 0 Å². The van der Waals surface area contributed by atoms with Crippen molar-refractivity contribution >= 4 is 29.0 Å². The number of carbonyl (C=O) groups excluding carboxylic acids is 1. The number of likely N-dealkylation sites (N-methyl/N-ethyl adjacent to an activating group) is 1. The van der Waals surface area contributed by atoms with Gasteiger partial charge < -0.3 is 20.3 Å². The molecular weight excluding hydrogens is 330 g/mol. The van der Waals surface area contributed by atoms with E-state index in [-0.39, 0.29) is 11.6 Å². The third-order valence-electron chi connectivity index (χ3n) is 3.16. The topological polar surface area (TPSA) is 79.4 Å². The summed E-state index contributed by atoms with van der Waals surface area (Å²) >= 11 is 6.03. The SMILES string of the molecule is COc1ccc(NC(=O)c2cnc(NCCN(C)C)cn2)cc1Cl. The van der Waals surface area contributed by atoms with E-state index in [9.17, 15) is 4.79 Å². The molecular formula is C16H20ClN5O2. The lowest BCUT2D eigenvalue weighted by Crippen LogP contribution is -2.21. The first-order valence-electron chi connectivity index (χ1n) is 7.35. The highest BCUT2D eigenvalue weighted by molar-refractivity contribution is 6.32. The fraction of sp³-hybridized carbons (Fsp3) is 0.312. The molecule has 0 radical (unpaired) electrons. The molecule has 8 heteroatoms. The standard InChI is InChI=1S/C16H20ClN5O2/c1-22(2)7-6-18-15-10-19-13(9-20-15)16(23)21-11-4-5-14(24-3)12(17)8-11/h4-5,8-10H,6-7H2,1-3H3,(H,18,20)(H,21,23). The number of hydrogen-bond acceptors (Lipinski definition) is 6. The third-order valence-corrected chi connectivity index (χ3v) is 3.45. The summed E-state index contributed by atoms with van der Waals surface area (Å²) in [7, 11) is 5.52. The summed E-state index contributed by atoms with van der Waals surface area (Å²) in [5.74, 6) is 0.812. The van der Waals surface area contributed by atoms with Gasteiger partial charge in [0.1, 0.15) is 17.3 Å². The van der Waals surface area contributed by atoms with E-state index in [0.717, 1.165) is 13.1 Å².